The van der Waals surface area contributed by atoms with Gasteiger partial charge in [0.2, 0.25) is 0 Å². The summed E-state index contributed by atoms with van der Waals surface area (Å²) in [6.07, 6.45) is -7.93. The quantitative estimate of drug-likeness (QED) is 0.469. The predicted molar refractivity (Wildman–Crippen MR) is 28.5 cm³/mol. The molecule has 0 bridgehead atoms. The van der Waals surface area contributed by atoms with Crippen molar-refractivity contribution < 1.29 is 17.6 Å². The average Bonchev–Trinajstić information content (AvgIpc) is 1.93. The van der Waals surface area contributed by atoms with Crippen molar-refractivity contribution >= 4 is 0 Å². The van der Waals surface area contributed by atoms with Gasteiger partial charge in [-0.2, -0.15) is 0 Å². The summed E-state index contributed by atoms with van der Waals surface area (Å²) in [5, 5.41) is 0. The fraction of sp³-hybridized carbons (Fsp3) is 0.833. The molecule has 0 N–H and O–H groups in total. The fourth-order valence-corrected chi connectivity index (χ4v) is 0.895. The van der Waals surface area contributed by atoms with E-state index >= 15 is 0 Å². The second kappa shape index (κ2) is 2.76. The minimum Gasteiger partial charge on any atom is -0.244 e. The Bertz CT molecular complexity index is 102. The molecule has 4 atom stereocenters. The highest BCUT2D eigenvalue weighted by molar-refractivity contribution is 4.97. The molecular weight excluding hydrogens is 148 g/mol. The van der Waals surface area contributed by atoms with Gasteiger partial charge in [0.1, 0.15) is 12.3 Å². The molecule has 0 amide bonds. The Hall–Kier alpha value is -0.280. The minimum atomic E-state index is -2.32. The molecule has 0 saturated heterocycles. The SMILES string of the molecule is FC1[CH]CC(F)C(F)C1F. The molecule has 4 unspecified atom stereocenters. The van der Waals surface area contributed by atoms with Crippen molar-refractivity contribution in [2.45, 2.75) is 31.1 Å². The highest BCUT2D eigenvalue weighted by Crippen LogP contribution is 2.28. The molecule has 1 aliphatic carbocycles. The first-order valence-electron chi connectivity index (χ1n) is 3.02. The van der Waals surface area contributed by atoms with E-state index in [2.05, 4.69) is 0 Å². The molecule has 1 radical (unpaired) electrons. The maximum Gasteiger partial charge on any atom is 0.165 e. The van der Waals surface area contributed by atoms with Crippen molar-refractivity contribution in [1.82, 2.24) is 0 Å². The summed E-state index contributed by atoms with van der Waals surface area (Å²) in [5.41, 5.74) is 0. The first kappa shape index (κ1) is 7.82. The Balaban J connectivity index is 2.52. The van der Waals surface area contributed by atoms with Crippen LogP contribution in [0.2, 0.25) is 0 Å². The zero-order valence-electron chi connectivity index (χ0n) is 5.11. The third-order valence-electron chi connectivity index (χ3n) is 1.54. The van der Waals surface area contributed by atoms with Crippen molar-refractivity contribution in [2.24, 2.45) is 0 Å². The highest BCUT2D eigenvalue weighted by Gasteiger charge is 2.40. The lowest BCUT2D eigenvalue weighted by Crippen LogP contribution is -2.40. The molecule has 1 fully saturated rings. The third-order valence-corrected chi connectivity index (χ3v) is 1.54. The van der Waals surface area contributed by atoms with Crippen LogP contribution >= 0.6 is 0 Å². The molecule has 1 saturated carbocycles. The normalized spacial score (nSPS) is 49.2. The summed E-state index contributed by atoms with van der Waals surface area (Å²) >= 11 is 0. The van der Waals surface area contributed by atoms with Crippen molar-refractivity contribution in [3.8, 4) is 0 Å². The van der Waals surface area contributed by atoms with Crippen LogP contribution in [0.25, 0.3) is 0 Å². The van der Waals surface area contributed by atoms with Crippen molar-refractivity contribution in [3.63, 3.8) is 0 Å². The maximum absolute atomic E-state index is 12.2. The lowest BCUT2D eigenvalue weighted by molar-refractivity contribution is 0.0164. The van der Waals surface area contributed by atoms with Gasteiger partial charge in [0.15, 0.2) is 12.3 Å². The van der Waals surface area contributed by atoms with Crippen molar-refractivity contribution in [1.29, 1.82) is 0 Å². The number of hydrogen-bond acceptors (Lipinski definition) is 0. The van der Waals surface area contributed by atoms with E-state index in [9.17, 15) is 17.6 Å². The smallest absolute Gasteiger partial charge is 0.165 e. The van der Waals surface area contributed by atoms with Gasteiger partial charge in [0.25, 0.3) is 0 Å². The second-order valence-corrected chi connectivity index (χ2v) is 2.32. The van der Waals surface area contributed by atoms with Crippen LogP contribution in [0.1, 0.15) is 6.42 Å². The number of halogens is 4. The Labute approximate surface area is 56.2 Å². The standard InChI is InChI=1S/C6H7F4/c7-3-1-2-4(8)6(10)5(3)9/h1,3-6H,2H2. The molecule has 0 spiro atoms. The number of alkyl halides is 4. The van der Waals surface area contributed by atoms with Crippen LogP contribution in [0.4, 0.5) is 17.6 Å². The molecule has 4 heteroatoms. The van der Waals surface area contributed by atoms with E-state index in [4.69, 9.17) is 0 Å². The summed E-state index contributed by atoms with van der Waals surface area (Å²) in [6, 6.07) is 0. The summed E-state index contributed by atoms with van der Waals surface area (Å²) in [5.74, 6) is 0. The summed E-state index contributed by atoms with van der Waals surface area (Å²) in [6.45, 7) is 0. The first-order chi connectivity index (χ1) is 4.63. The molecule has 0 aromatic rings. The van der Waals surface area contributed by atoms with E-state index in [0.717, 1.165) is 6.42 Å². The van der Waals surface area contributed by atoms with E-state index in [1.165, 1.54) is 0 Å². The molecule has 1 aliphatic rings. The lowest BCUT2D eigenvalue weighted by atomic mass is 9.94. The Morgan fingerprint density at radius 2 is 1.60 bits per heavy atom. The molecular formula is C6H7F4. The molecule has 0 aromatic heterocycles. The van der Waals surface area contributed by atoms with Crippen molar-refractivity contribution in [2.75, 3.05) is 0 Å². The van der Waals surface area contributed by atoms with Crippen LogP contribution < -0.4 is 0 Å². The molecule has 59 valence electrons. The summed E-state index contributed by atoms with van der Waals surface area (Å²) < 4.78 is 48.8. The van der Waals surface area contributed by atoms with Crippen LogP contribution in [0.5, 0.6) is 0 Å². The topological polar surface area (TPSA) is 0 Å². The zero-order chi connectivity index (χ0) is 7.72. The van der Waals surface area contributed by atoms with Gasteiger partial charge in [0.05, 0.1) is 0 Å². The largest absolute Gasteiger partial charge is 0.244 e. The van der Waals surface area contributed by atoms with Gasteiger partial charge in [-0.25, -0.2) is 17.6 Å². The van der Waals surface area contributed by atoms with E-state index in [1.807, 2.05) is 0 Å². The van der Waals surface area contributed by atoms with Gasteiger partial charge < -0.3 is 0 Å². The van der Waals surface area contributed by atoms with Gasteiger partial charge in [-0.3, -0.25) is 0 Å². The van der Waals surface area contributed by atoms with Crippen LogP contribution in [0.15, 0.2) is 0 Å². The van der Waals surface area contributed by atoms with Crippen LogP contribution in [-0.4, -0.2) is 24.7 Å². The van der Waals surface area contributed by atoms with Crippen LogP contribution in [0, 0.1) is 6.42 Å². The minimum absolute atomic E-state index is 0.331. The third kappa shape index (κ3) is 1.25. The molecule has 0 aromatic carbocycles. The molecule has 0 nitrogen and oxygen atoms in total. The molecule has 0 aliphatic heterocycles. The Morgan fingerprint density at radius 3 is 2.10 bits per heavy atom. The van der Waals surface area contributed by atoms with Gasteiger partial charge in [-0.1, -0.05) is 0 Å². The zero-order valence-corrected chi connectivity index (χ0v) is 5.11. The Morgan fingerprint density at radius 1 is 1.00 bits per heavy atom. The number of rotatable bonds is 0. The molecule has 1 rings (SSSR count). The first-order valence-corrected chi connectivity index (χ1v) is 3.02. The predicted octanol–water partition coefficient (Wildman–Crippen LogP) is 1.95. The maximum atomic E-state index is 12.2. The van der Waals surface area contributed by atoms with E-state index in [-0.39, 0.29) is 6.42 Å². The van der Waals surface area contributed by atoms with Crippen LogP contribution in [-0.2, 0) is 0 Å². The average molecular weight is 155 g/mol. The second-order valence-electron chi connectivity index (χ2n) is 2.32. The van der Waals surface area contributed by atoms with Gasteiger partial charge in [-0.05, 0) is 6.42 Å². The number of hydrogen-bond donors (Lipinski definition) is 0. The van der Waals surface area contributed by atoms with E-state index in [0.29, 0.717) is 0 Å². The van der Waals surface area contributed by atoms with Gasteiger partial charge >= 0.3 is 0 Å². The van der Waals surface area contributed by atoms with E-state index < -0.39 is 24.7 Å². The van der Waals surface area contributed by atoms with Crippen molar-refractivity contribution in [3.05, 3.63) is 6.42 Å². The highest BCUT2D eigenvalue weighted by atomic mass is 19.2. The summed E-state index contributed by atoms with van der Waals surface area (Å²) in [4.78, 5) is 0. The fourth-order valence-electron chi connectivity index (χ4n) is 0.895. The van der Waals surface area contributed by atoms with E-state index in [1.54, 1.807) is 0 Å². The molecule has 10 heavy (non-hydrogen) atoms. The monoisotopic (exact) mass is 155 g/mol. The van der Waals surface area contributed by atoms with Gasteiger partial charge in [0, 0.05) is 6.42 Å². The van der Waals surface area contributed by atoms with Gasteiger partial charge in [-0.15, -0.1) is 0 Å². The lowest BCUT2D eigenvalue weighted by Gasteiger charge is -2.25. The van der Waals surface area contributed by atoms with Crippen LogP contribution in [0.3, 0.4) is 0 Å². The molecule has 0 heterocycles. The summed E-state index contributed by atoms with van der Waals surface area (Å²) in [7, 11) is 0. The Kier molecular flexibility index (Phi) is 2.16.